The summed E-state index contributed by atoms with van der Waals surface area (Å²) in [7, 11) is 0. The molecule has 0 radical (unpaired) electrons. The van der Waals surface area contributed by atoms with Gasteiger partial charge in [0.05, 0.1) is 0 Å². The molecule has 2 aliphatic rings. The van der Waals surface area contributed by atoms with E-state index in [2.05, 4.69) is 5.32 Å². The molecule has 1 aromatic rings. The third-order valence-electron chi connectivity index (χ3n) is 5.52. The number of fused-ring (bicyclic) bond motifs is 2. The number of nitrogens with two attached hydrogens (primary N) is 1. The highest BCUT2D eigenvalue weighted by molar-refractivity contribution is 6.35. The molecule has 134 valence electrons. The van der Waals surface area contributed by atoms with Crippen molar-refractivity contribution in [2.24, 2.45) is 23.5 Å². The Morgan fingerprint density at radius 1 is 1.17 bits per heavy atom. The summed E-state index contributed by atoms with van der Waals surface area (Å²) in [5, 5.41) is 4.38. The van der Waals surface area contributed by atoms with Crippen molar-refractivity contribution < 1.29 is 4.79 Å². The molecule has 3 rings (SSSR count). The van der Waals surface area contributed by atoms with E-state index in [9.17, 15) is 4.79 Å². The van der Waals surface area contributed by atoms with E-state index in [1.165, 1.54) is 19.3 Å². The number of hydrogen-bond donors (Lipinski definition) is 2. The van der Waals surface area contributed by atoms with Crippen LogP contribution in [0.3, 0.4) is 0 Å². The van der Waals surface area contributed by atoms with Crippen molar-refractivity contribution in [3.63, 3.8) is 0 Å². The molecule has 6 heteroatoms. The van der Waals surface area contributed by atoms with E-state index >= 15 is 0 Å². The van der Waals surface area contributed by atoms with Gasteiger partial charge in [-0.1, -0.05) is 35.7 Å². The SMILES string of the molecule is Cl.NC1C2CCCC1CC(C(=O)NCCc1c(Cl)cccc1Cl)C2. The first-order valence-electron chi connectivity index (χ1n) is 8.52. The second-order valence-electron chi connectivity index (χ2n) is 6.94. The van der Waals surface area contributed by atoms with E-state index in [0.717, 1.165) is 18.4 Å². The summed E-state index contributed by atoms with van der Waals surface area (Å²) in [4.78, 5) is 12.5. The molecule has 2 aliphatic carbocycles. The van der Waals surface area contributed by atoms with Crippen LogP contribution in [0.25, 0.3) is 0 Å². The molecule has 2 fully saturated rings. The van der Waals surface area contributed by atoms with E-state index in [0.29, 0.717) is 40.9 Å². The largest absolute Gasteiger partial charge is 0.356 e. The fourth-order valence-corrected chi connectivity index (χ4v) is 4.82. The predicted octanol–water partition coefficient (Wildman–Crippen LogP) is 4.23. The van der Waals surface area contributed by atoms with Gasteiger partial charge in [-0.25, -0.2) is 0 Å². The average Bonchev–Trinajstić information content (AvgIpc) is 2.49. The van der Waals surface area contributed by atoms with Crippen LogP contribution in [-0.4, -0.2) is 18.5 Å². The Kier molecular flexibility index (Phi) is 7.23. The predicted molar refractivity (Wildman–Crippen MR) is 102 cm³/mol. The van der Waals surface area contributed by atoms with Gasteiger partial charge in [-0.15, -0.1) is 12.4 Å². The topological polar surface area (TPSA) is 55.1 Å². The monoisotopic (exact) mass is 390 g/mol. The van der Waals surface area contributed by atoms with Crippen LogP contribution in [0, 0.1) is 17.8 Å². The Labute approximate surface area is 160 Å². The molecule has 24 heavy (non-hydrogen) atoms. The summed E-state index contributed by atoms with van der Waals surface area (Å²) in [5.74, 6) is 1.33. The van der Waals surface area contributed by atoms with Gasteiger partial charge < -0.3 is 11.1 Å². The zero-order chi connectivity index (χ0) is 16.4. The lowest BCUT2D eigenvalue weighted by Gasteiger charge is -2.43. The summed E-state index contributed by atoms with van der Waals surface area (Å²) in [6, 6.07) is 5.79. The second-order valence-corrected chi connectivity index (χ2v) is 7.75. The number of carbonyl (C=O) groups excluding carboxylic acids is 1. The molecular formula is C18H25Cl3N2O. The summed E-state index contributed by atoms with van der Waals surface area (Å²) >= 11 is 12.3. The molecule has 3 nitrogen and oxygen atoms in total. The van der Waals surface area contributed by atoms with Crippen LogP contribution in [0.15, 0.2) is 18.2 Å². The normalized spacial score (nSPS) is 28.8. The quantitative estimate of drug-likeness (QED) is 0.807. The minimum Gasteiger partial charge on any atom is -0.356 e. The first kappa shape index (κ1) is 19.8. The number of nitrogens with one attached hydrogen (secondary N) is 1. The molecule has 0 aliphatic heterocycles. The van der Waals surface area contributed by atoms with Crippen molar-refractivity contribution in [1.29, 1.82) is 0 Å². The zero-order valence-corrected chi connectivity index (χ0v) is 16.0. The average molecular weight is 392 g/mol. The van der Waals surface area contributed by atoms with Gasteiger partial charge in [0, 0.05) is 28.5 Å². The zero-order valence-electron chi connectivity index (χ0n) is 13.6. The minimum absolute atomic E-state index is 0. The fraction of sp³-hybridized carbons (Fsp3) is 0.611. The molecule has 0 spiro atoms. The standard InChI is InChI=1S/C18H24Cl2N2O.ClH/c19-15-5-2-6-16(20)14(15)7-8-22-18(23)13-9-11-3-1-4-12(10-13)17(11)21;/h2,5-6,11-13,17H,1,3-4,7-10,21H2,(H,22,23);1H. The summed E-state index contributed by atoms with van der Waals surface area (Å²) in [5.41, 5.74) is 7.20. The van der Waals surface area contributed by atoms with Crippen molar-refractivity contribution in [2.45, 2.75) is 44.6 Å². The number of rotatable bonds is 4. The molecule has 2 unspecified atom stereocenters. The molecule has 0 heterocycles. The van der Waals surface area contributed by atoms with Crippen LogP contribution in [0.1, 0.15) is 37.7 Å². The maximum absolute atomic E-state index is 12.5. The number of hydrogen-bond acceptors (Lipinski definition) is 2. The van der Waals surface area contributed by atoms with Gasteiger partial charge in [-0.3, -0.25) is 4.79 Å². The molecular weight excluding hydrogens is 367 g/mol. The van der Waals surface area contributed by atoms with Crippen molar-refractivity contribution in [3.05, 3.63) is 33.8 Å². The highest BCUT2D eigenvalue weighted by atomic mass is 35.5. The van der Waals surface area contributed by atoms with Crippen LogP contribution in [0.4, 0.5) is 0 Å². The lowest BCUT2D eigenvalue weighted by Crippen LogP contribution is -2.49. The summed E-state index contributed by atoms with van der Waals surface area (Å²) < 4.78 is 0. The van der Waals surface area contributed by atoms with Crippen molar-refractivity contribution in [2.75, 3.05) is 6.54 Å². The Morgan fingerprint density at radius 2 is 1.75 bits per heavy atom. The first-order valence-corrected chi connectivity index (χ1v) is 9.28. The van der Waals surface area contributed by atoms with Gasteiger partial charge >= 0.3 is 0 Å². The third kappa shape index (κ3) is 4.37. The van der Waals surface area contributed by atoms with E-state index in [1.54, 1.807) is 0 Å². The Bertz CT molecular complexity index is 547. The molecule has 3 N–H and O–H groups in total. The van der Waals surface area contributed by atoms with Crippen LogP contribution in [0.5, 0.6) is 0 Å². The maximum Gasteiger partial charge on any atom is 0.223 e. The van der Waals surface area contributed by atoms with E-state index in [-0.39, 0.29) is 24.2 Å². The first-order chi connectivity index (χ1) is 11.1. The molecule has 2 atom stereocenters. The Morgan fingerprint density at radius 3 is 2.33 bits per heavy atom. The number of halogens is 3. The van der Waals surface area contributed by atoms with Crippen LogP contribution >= 0.6 is 35.6 Å². The van der Waals surface area contributed by atoms with E-state index in [1.807, 2.05) is 18.2 Å². The van der Waals surface area contributed by atoms with Gasteiger partial charge in [0.2, 0.25) is 5.91 Å². The number of amides is 1. The van der Waals surface area contributed by atoms with Crippen molar-refractivity contribution in [3.8, 4) is 0 Å². The lowest BCUT2D eigenvalue weighted by molar-refractivity contribution is -0.127. The van der Waals surface area contributed by atoms with Crippen molar-refractivity contribution >= 4 is 41.5 Å². The Balaban J connectivity index is 0.00000208. The van der Waals surface area contributed by atoms with Crippen LogP contribution in [-0.2, 0) is 11.2 Å². The summed E-state index contributed by atoms with van der Waals surface area (Å²) in [6.07, 6.45) is 6.16. The molecule has 2 saturated carbocycles. The molecule has 1 amide bonds. The molecule has 1 aromatic carbocycles. The highest BCUT2D eigenvalue weighted by Gasteiger charge is 2.40. The van der Waals surface area contributed by atoms with Gasteiger partial charge in [-0.2, -0.15) is 0 Å². The molecule has 0 aromatic heterocycles. The van der Waals surface area contributed by atoms with Gasteiger partial charge in [0.15, 0.2) is 0 Å². The fourth-order valence-electron chi connectivity index (χ4n) is 4.23. The maximum atomic E-state index is 12.5. The van der Waals surface area contributed by atoms with E-state index < -0.39 is 0 Å². The van der Waals surface area contributed by atoms with Gasteiger partial charge in [0.25, 0.3) is 0 Å². The lowest BCUT2D eigenvalue weighted by atomic mass is 9.65. The molecule has 2 bridgehead atoms. The van der Waals surface area contributed by atoms with Crippen LogP contribution < -0.4 is 11.1 Å². The Hall–Kier alpha value is -0.480. The molecule has 0 saturated heterocycles. The smallest absolute Gasteiger partial charge is 0.223 e. The third-order valence-corrected chi connectivity index (χ3v) is 6.23. The van der Waals surface area contributed by atoms with Crippen molar-refractivity contribution in [1.82, 2.24) is 5.32 Å². The number of benzene rings is 1. The number of carbonyl (C=O) groups is 1. The highest BCUT2D eigenvalue weighted by Crippen LogP contribution is 2.41. The van der Waals surface area contributed by atoms with Gasteiger partial charge in [-0.05, 0) is 61.6 Å². The van der Waals surface area contributed by atoms with Gasteiger partial charge in [0.1, 0.15) is 0 Å². The van der Waals surface area contributed by atoms with Crippen LogP contribution in [0.2, 0.25) is 10.0 Å². The second kappa shape index (κ2) is 8.75. The van der Waals surface area contributed by atoms with E-state index in [4.69, 9.17) is 28.9 Å². The minimum atomic E-state index is 0. The summed E-state index contributed by atoms with van der Waals surface area (Å²) in [6.45, 7) is 0.570.